The minimum absolute atomic E-state index is 0. The third-order valence-electron chi connectivity index (χ3n) is 3.27. The third kappa shape index (κ3) is 8.49. The summed E-state index contributed by atoms with van der Waals surface area (Å²) in [5, 5.41) is 0. The van der Waals surface area contributed by atoms with Gasteiger partial charge >= 0.3 is 5.97 Å². The first kappa shape index (κ1) is 21.3. The van der Waals surface area contributed by atoms with E-state index in [0.717, 1.165) is 19.4 Å². The lowest BCUT2D eigenvalue weighted by molar-refractivity contribution is -0.142. The van der Waals surface area contributed by atoms with E-state index in [9.17, 15) is 9.59 Å². The highest BCUT2D eigenvalue weighted by Gasteiger charge is 2.17. The van der Waals surface area contributed by atoms with E-state index in [-0.39, 0.29) is 23.5 Å². The lowest BCUT2D eigenvalue weighted by Gasteiger charge is -2.25. The van der Waals surface area contributed by atoms with E-state index in [2.05, 4.69) is 13.2 Å². The van der Waals surface area contributed by atoms with Crippen molar-refractivity contribution in [1.82, 2.24) is 4.90 Å². The monoisotopic (exact) mass is 329 g/mol. The number of amides is 1. The maximum absolute atomic E-state index is 10.9. The Morgan fingerprint density at radius 1 is 1.30 bits per heavy atom. The van der Waals surface area contributed by atoms with Gasteiger partial charge in [0.2, 0.25) is 5.91 Å². The molecule has 0 aliphatic carbocycles. The van der Waals surface area contributed by atoms with Gasteiger partial charge in [-0.1, -0.05) is 13.2 Å². The summed E-state index contributed by atoms with van der Waals surface area (Å²) in [7, 11) is 0. The molecule has 7 heteroatoms. The summed E-state index contributed by atoms with van der Waals surface area (Å²) in [5.74, 6) is -0.325. The molecule has 1 amide bonds. The van der Waals surface area contributed by atoms with Crippen LogP contribution in [0.1, 0.15) is 19.8 Å². The average molecular weight is 329 g/mol. The van der Waals surface area contributed by atoms with Crippen molar-refractivity contribution in [3.05, 3.63) is 24.8 Å². The summed E-state index contributed by atoms with van der Waals surface area (Å²) in [6.07, 6.45) is 3.50. The zero-order valence-electron chi connectivity index (χ0n) is 13.7. The Hall–Kier alpha value is -1.70. The molecule has 2 aliphatic rings. The lowest BCUT2D eigenvalue weighted by atomic mass is 10.2. The van der Waals surface area contributed by atoms with Crippen molar-refractivity contribution >= 4 is 11.9 Å². The summed E-state index contributed by atoms with van der Waals surface area (Å²) < 4.78 is 15.3. The summed E-state index contributed by atoms with van der Waals surface area (Å²) in [6.45, 7) is 12.4. The normalized spacial score (nSPS) is 19.7. The van der Waals surface area contributed by atoms with E-state index in [4.69, 9.17) is 14.2 Å². The fourth-order valence-electron chi connectivity index (χ4n) is 1.98. The van der Waals surface area contributed by atoms with E-state index >= 15 is 0 Å². The minimum atomic E-state index is -0.328. The zero-order valence-corrected chi connectivity index (χ0v) is 13.7. The predicted molar refractivity (Wildman–Crippen MR) is 86.0 cm³/mol. The van der Waals surface area contributed by atoms with Gasteiger partial charge < -0.3 is 24.6 Å². The standard InChI is InChI=1S/C9H14O3.C7H11NO2.H2O/c1-7(2)9(10)12-6-8-4-3-5-11-8;1-2-7(9)8-3-5-10-6-4-8;/h8H,1,3-6H2,2H3;2H,1,3-6H2;1H2. The summed E-state index contributed by atoms with van der Waals surface area (Å²) in [4.78, 5) is 23.6. The van der Waals surface area contributed by atoms with Crippen molar-refractivity contribution in [3.63, 3.8) is 0 Å². The second-order valence-corrected chi connectivity index (χ2v) is 5.16. The Balaban J connectivity index is 0.000000409. The van der Waals surface area contributed by atoms with Crippen molar-refractivity contribution in [3.8, 4) is 0 Å². The molecule has 2 rings (SSSR count). The Labute approximate surface area is 137 Å². The molecule has 2 heterocycles. The van der Waals surface area contributed by atoms with E-state index < -0.39 is 0 Å². The Morgan fingerprint density at radius 2 is 1.96 bits per heavy atom. The number of carbonyl (C=O) groups is 2. The van der Waals surface area contributed by atoms with Crippen LogP contribution in [-0.4, -0.2) is 67.9 Å². The van der Waals surface area contributed by atoms with E-state index in [1.165, 1.54) is 6.08 Å². The molecule has 1 atom stereocenters. The Kier molecular flexibility index (Phi) is 10.9. The minimum Gasteiger partial charge on any atom is -0.460 e. The highest BCUT2D eigenvalue weighted by molar-refractivity contribution is 5.87. The first-order chi connectivity index (χ1) is 10.5. The fourth-order valence-corrected chi connectivity index (χ4v) is 1.98. The number of ether oxygens (including phenoxy) is 3. The molecule has 2 fully saturated rings. The van der Waals surface area contributed by atoms with Crippen LogP contribution < -0.4 is 0 Å². The van der Waals surface area contributed by atoms with Gasteiger partial charge in [-0.3, -0.25) is 4.79 Å². The fraction of sp³-hybridized carbons (Fsp3) is 0.625. The molecule has 2 N–H and O–H groups in total. The first-order valence-electron chi connectivity index (χ1n) is 7.48. The maximum atomic E-state index is 10.9. The van der Waals surface area contributed by atoms with Gasteiger partial charge in [-0.15, -0.1) is 0 Å². The summed E-state index contributed by atoms with van der Waals surface area (Å²) >= 11 is 0. The van der Waals surface area contributed by atoms with Crippen LogP contribution in [0.25, 0.3) is 0 Å². The van der Waals surface area contributed by atoms with Gasteiger partial charge in [0.25, 0.3) is 0 Å². The van der Waals surface area contributed by atoms with Gasteiger partial charge in [0, 0.05) is 25.3 Å². The van der Waals surface area contributed by atoms with Gasteiger partial charge in [0.05, 0.1) is 19.3 Å². The summed E-state index contributed by atoms with van der Waals surface area (Å²) in [6, 6.07) is 0. The van der Waals surface area contributed by atoms with E-state index in [0.29, 0.717) is 38.5 Å². The van der Waals surface area contributed by atoms with Gasteiger partial charge in [-0.05, 0) is 25.8 Å². The van der Waals surface area contributed by atoms with Crippen LogP contribution in [0.4, 0.5) is 0 Å². The maximum Gasteiger partial charge on any atom is 0.333 e. The molecular weight excluding hydrogens is 302 g/mol. The molecule has 2 saturated heterocycles. The molecule has 0 spiro atoms. The molecule has 0 aromatic rings. The highest BCUT2D eigenvalue weighted by atomic mass is 16.6. The van der Waals surface area contributed by atoms with Crippen LogP contribution in [0.2, 0.25) is 0 Å². The average Bonchev–Trinajstić information content (AvgIpc) is 3.06. The highest BCUT2D eigenvalue weighted by Crippen LogP contribution is 2.12. The second-order valence-electron chi connectivity index (χ2n) is 5.16. The van der Waals surface area contributed by atoms with Crippen LogP contribution in [0, 0.1) is 0 Å². The number of hydrogen-bond donors (Lipinski definition) is 0. The molecule has 1 unspecified atom stereocenters. The first-order valence-corrected chi connectivity index (χ1v) is 7.48. The number of morpholine rings is 1. The van der Waals surface area contributed by atoms with Crippen molar-refractivity contribution in [2.24, 2.45) is 0 Å². The van der Waals surface area contributed by atoms with Gasteiger partial charge in [-0.2, -0.15) is 0 Å². The van der Waals surface area contributed by atoms with Crippen LogP contribution in [-0.2, 0) is 23.8 Å². The van der Waals surface area contributed by atoms with Crippen LogP contribution in [0.5, 0.6) is 0 Å². The molecule has 0 saturated carbocycles. The van der Waals surface area contributed by atoms with Gasteiger partial charge in [-0.25, -0.2) is 4.79 Å². The van der Waals surface area contributed by atoms with E-state index in [1.807, 2.05) is 0 Å². The lowest BCUT2D eigenvalue weighted by Crippen LogP contribution is -2.39. The second kappa shape index (κ2) is 11.8. The predicted octanol–water partition coefficient (Wildman–Crippen LogP) is 0.491. The van der Waals surface area contributed by atoms with Gasteiger partial charge in [0.1, 0.15) is 6.61 Å². The quantitative estimate of drug-likeness (QED) is 0.552. The van der Waals surface area contributed by atoms with Crippen LogP contribution >= 0.6 is 0 Å². The zero-order chi connectivity index (χ0) is 16.4. The van der Waals surface area contributed by atoms with Crippen molar-refractivity contribution < 1.29 is 29.3 Å². The molecule has 132 valence electrons. The topological polar surface area (TPSA) is 96.6 Å². The number of hydrogen-bond acceptors (Lipinski definition) is 5. The number of rotatable bonds is 4. The van der Waals surface area contributed by atoms with E-state index in [1.54, 1.807) is 11.8 Å². The number of esters is 1. The van der Waals surface area contributed by atoms with Crippen molar-refractivity contribution in [2.75, 3.05) is 39.5 Å². The van der Waals surface area contributed by atoms with Crippen molar-refractivity contribution in [2.45, 2.75) is 25.9 Å². The third-order valence-corrected chi connectivity index (χ3v) is 3.27. The molecule has 0 bridgehead atoms. The SMILES string of the molecule is C=C(C)C(=O)OCC1CCCO1.C=CC(=O)N1CCOCC1.O. The molecule has 2 aliphatic heterocycles. The molecule has 23 heavy (non-hydrogen) atoms. The molecule has 7 nitrogen and oxygen atoms in total. The Bertz CT molecular complexity index is 397. The van der Waals surface area contributed by atoms with Crippen LogP contribution in [0.15, 0.2) is 24.8 Å². The number of nitrogens with zero attached hydrogens (tertiary/aromatic N) is 1. The number of carbonyl (C=O) groups excluding carboxylic acids is 2. The van der Waals surface area contributed by atoms with Crippen molar-refractivity contribution in [1.29, 1.82) is 0 Å². The largest absolute Gasteiger partial charge is 0.460 e. The van der Waals surface area contributed by atoms with Crippen LogP contribution in [0.3, 0.4) is 0 Å². The van der Waals surface area contributed by atoms with Gasteiger partial charge in [0.15, 0.2) is 0 Å². The molecule has 0 radical (unpaired) electrons. The smallest absolute Gasteiger partial charge is 0.333 e. The molecule has 0 aromatic heterocycles. The molecule has 0 aromatic carbocycles. The summed E-state index contributed by atoms with van der Waals surface area (Å²) in [5.41, 5.74) is 0.438. The molecular formula is C16H27NO6. The Morgan fingerprint density at radius 3 is 2.43 bits per heavy atom.